The number of aliphatic hydroxyl groups excluding tert-OH is 1. The van der Waals surface area contributed by atoms with Crippen LogP contribution in [0.2, 0.25) is 0 Å². The van der Waals surface area contributed by atoms with E-state index >= 15 is 0 Å². The highest BCUT2D eigenvalue weighted by Crippen LogP contribution is 2.55. The second kappa shape index (κ2) is 13.9. The van der Waals surface area contributed by atoms with E-state index in [0.29, 0.717) is 47.1 Å². The van der Waals surface area contributed by atoms with E-state index in [9.17, 15) is 24.6 Å². The van der Waals surface area contributed by atoms with Crippen molar-refractivity contribution in [3.05, 3.63) is 46.5 Å². The van der Waals surface area contributed by atoms with Gasteiger partial charge in [-0.05, 0) is 45.7 Å². The fourth-order valence-corrected chi connectivity index (χ4v) is 7.87. The summed E-state index contributed by atoms with van der Waals surface area (Å²) in [7, 11) is 1.48. The highest BCUT2D eigenvalue weighted by Gasteiger charge is 2.48. The number of imidazole rings is 1. The number of aldehydes is 1. The number of fused-ring (bicyclic) bond motifs is 3. The third-order valence-electron chi connectivity index (χ3n) is 10.5. The Kier molecular flexibility index (Phi) is 9.51. The van der Waals surface area contributed by atoms with Crippen molar-refractivity contribution in [1.82, 2.24) is 30.8 Å². The number of rotatable bonds is 10. The van der Waals surface area contributed by atoms with Crippen LogP contribution in [0.15, 0.2) is 29.8 Å². The van der Waals surface area contributed by atoms with Gasteiger partial charge in [0.15, 0.2) is 6.29 Å². The summed E-state index contributed by atoms with van der Waals surface area (Å²) in [5.74, 6) is -0.227. The van der Waals surface area contributed by atoms with E-state index in [1.165, 1.54) is 7.11 Å². The summed E-state index contributed by atoms with van der Waals surface area (Å²) in [6.45, 7) is 4.94. The van der Waals surface area contributed by atoms with Crippen molar-refractivity contribution in [1.29, 1.82) is 0 Å². The van der Waals surface area contributed by atoms with Gasteiger partial charge in [0.2, 0.25) is 17.6 Å². The van der Waals surface area contributed by atoms with Gasteiger partial charge in [0, 0.05) is 36.5 Å². The molecule has 274 valence electrons. The molecule has 0 bridgehead atoms. The molecule has 0 saturated carbocycles. The summed E-state index contributed by atoms with van der Waals surface area (Å²) < 4.78 is 25.8. The third-order valence-corrected chi connectivity index (χ3v) is 10.5. The number of carbonyl (C=O) groups excluding carboxylic acids is 3. The molecule has 17 nitrogen and oxygen atoms in total. The van der Waals surface area contributed by atoms with E-state index in [2.05, 4.69) is 26.3 Å². The number of nitrogens with zero attached hydrogens (tertiary/aromatic N) is 3. The second-order valence-corrected chi connectivity index (χ2v) is 13.3. The number of piperidine rings is 1. The molecule has 7 rings (SSSR count). The number of methoxy groups -OCH3 is 1. The normalized spacial score (nSPS) is 26.4. The van der Waals surface area contributed by atoms with Gasteiger partial charge in [0.05, 0.1) is 43.7 Å². The van der Waals surface area contributed by atoms with Crippen molar-refractivity contribution in [2.24, 2.45) is 11.7 Å². The van der Waals surface area contributed by atoms with Crippen LogP contribution in [0, 0.1) is 5.92 Å². The lowest BCUT2D eigenvalue weighted by molar-refractivity contribution is -0.141. The van der Waals surface area contributed by atoms with Gasteiger partial charge < -0.3 is 49.3 Å². The maximum atomic E-state index is 13.3. The third kappa shape index (κ3) is 5.92. The Morgan fingerprint density at radius 1 is 1.27 bits per heavy atom. The number of ether oxygens (including phenoxy) is 4. The molecule has 0 radical (unpaired) electrons. The standard InChI is InChI=1S/C34H44N8O9/c1-4-49-31(46)28-20(14-43)18(7-11-41-12-10-37-33(41)42-16-38-24-29(42)39-32(35)40-30(24)45)23-26(48-3)19-13-22(34(2,47)17-5-8-36-9-6-17)50-25(19)21(15-44)27(23)51-28/h7,10,12,14,17,22,24,29,32,36,38-39,44,47H,4-6,8-9,11,13,15-16,35H2,1-3H3,(H,40,45)/b18-7+/t22-,24+,29+,32+,34+/m0/s1. The molecule has 51 heavy (non-hydrogen) atoms. The van der Waals surface area contributed by atoms with Crippen LogP contribution < -0.4 is 46.1 Å². The molecular formula is C34H44N8O9. The number of nitrogens with one attached hydrogen (secondary N) is 4. The zero-order valence-corrected chi connectivity index (χ0v) is 28.7. The Labute approximate surface area is 294 Å². The maximum Gasteiger partial charge on any atom is 0.375 e. The van der Waals surface area contributed by atoms with E-state index < -0.39 is 42.8 Å². The zero-order valence-electron chi connectivity index (χ0n) is 28.7. The summed E-state index contributed by atoms with van der Waals surface area (Å²) in [5, 5.41) is 35.0. The van der Waals surface area contributed by atoms with E-state index in [1.807, 2.05) is 9.47 Å². The van der Waals surface area contributed by atoms with Gasteiger partial charge >= 0.3 is 5.97 Å². The minimum Gasteiger partial charge on any atom is -0.496 e. The summed E-state index contributed by atoms with van der Waals surface area (Å²) >= 11 is 0. The van der Waals surface area contributed by atoms with Gasteiger partial charge in [-0.3, -0.25) is 26.0 Å². The molecule has 5 aliphatic rings. The average Bonchev–Trinajstić information content (AvgIpc) is 3.88. The van der Waals surface area contributed by atoms with Crippen molar-refractivity contribution in [2.45, 2.75) is 76.5 Å². The minimum atomic E-state index is -1.21. The Hall–Kier alpha value is -4.52. The van der Waals surface area contributed by atoms with E-state index in [1.54, 1.807) is 32.3 Å². The van der Waals surface area contributed by atoms with Crippen LogP contribution in [0.25, 0.3) is 5.57 Å². The van der Waals surface area contributed by atoms with E-state index in [0.717, 1.165) is 25.9 Å². The van der Waals surface area contributed by atoms with Gasteiger partial charge in [-0.2, -0.15) is 0 Å². The lowest BCUT2D eigenvalue weighted by atomic mass is 9.77. The number of amides is 1. The molecule has 3 saturated heterocycles. The van der Waals surface area contributed by atoms with Gasteiger partial charge in [0.25, 0.3) is 0 Å². The van der Waals surface area contributed by atoms with Crippen LogP contribution in [0.5, 0.6) is 17.2 Å². The first-order valence-electron chi connectivity index (χ1n) is 17.2. The Bertz CT molecular complexity index is 1780. The highest BCUT2D eigenvalue weighted by molar-refractivity contribution is 6.10. The molecule has 5 aliphatic heterocycles. The van der Waals surface area contributed by atoms with Gasteiger partial charge in [-0.15, -0.1) is 0 Å². The molecule has 1 aromatic carbocycles. The minimum absolute atomic E-state index is 0.0268. The van der Waals surface area contributed by atoms with E-state index in [-0.39, 0.29) is 54.0 Å². The number of benzene rings is 1. The second-order valence-electron chi connectivity index (χ2n) is 13.3. The summed E-state index contributed by atoms with van der Waals surface area (Å²) in [6.07, 6.45) is 5.58. The fraction of sp³-hybridized carbons (Fsp3) is 0.529. The molecule has 1 amide bonds. The predicted octanol–water partition coefficient (Wildman–Crippen LogP) is -1.05. The average molecular weight is 709 g/mol. The number of anilines is 1. The molecule has 8 N–H and O–H groups in total. The molecule has 6 heterocycles. The highest BCUT2D eigenvalue weighted by atomic mass is 16.6. The van der Waals surface area contributed by atoms with Crippen LogP contribution in [0.1, 0.15) is 43.4 Å². The van der Waals surface area contributed by atoms with Crippen molar-refractivity contribution < 1.29 is 43.5 Å². The number of allylic oxidation sites excluding steroid dienone is 3. The van der Waals surface area contributed by atoms with Crippen LogP contribution in [-0.4, -0.2) is 102 Å². The molecule has 3 fully saturated rings. The maximum absolute atomic E-state index is 13.3. The predicted molar refractivity (Wildman–Crippen MR) is 181 cm³/mol. The van der Waals surface area contributed by atoms with Gasteiger partial charge in [-0.1, -0.05) is 6.08 Å². The SMILES string of the molecule is CCOC(=O)C1=C(C=O)/C(=C\Cn2ccnc2N2CN[C@H]3C(=O)N[C@H](N)N[C@@H]32)c2c(OC)c3c(c(CO)c2O1)O[C@H]([C@](C)(O)C1CCNCC1)C3. The van der Waals surface area contributed by atoms with Crippen LogP contribution in [0.4, 0.5) is 5.95 Å². The van der Waals surface area contributed by atoms with Gasteiger partial charge in [-0.25, -0.2) is 9.78 Å². The molecular weight excluding hydrogens is 664 g/mol. The quantitative estimate of drug-likeness (QED) is 0.116. The molecule has 0 spiro atoms. The number of aliphatic hydroxyl groups is 2. The first-order valence-corrected chi connectivity index (χ1v) is 17.2. The summed E-state index contributed by atoms with van der Waals surface area (Å²) in [6, 6.07) is -0.558. The molecule has 0 unspecified atom stereocenters. The molecule has 5 atom stereocenters. The smallest absolute Gasteiger partial charge is 0.375 e. The van der Waals surface area contributed by atoms with Crippen LogP contribution >= 0.6 is 0 Å². The van der Waals surface area contributed by atoms with Crippen molar-refractivity contribution in [3.63, 3.8) is 0 Å². The van der Waals surface area contributed by atoms with Crippen LogP contribution in [0.3, 0.4) is 0 Å². The number of nitrogens with two attached hydrogens (primary N) is 1. The lowest BCUT2D eigenvalue weighted by Crippen LogP contribution is -2.70. The molecule has 1 aromatic heterocycles. The number of hydrogen-bond acceptors (Lipinski definition) is 15. The summed E-state index contributed by atoms with van der Waals surface area (Å²) in [5.41, 5.74) is 6.25. The van der Waals surface area contributed by atoms with Crippen LogP contribution in [-0.2, 0) is 38.7 Å². The fourth-order valence-electron chi connectivity index (χ4n) is 7.87. The first-order chi connectivity index (χ1) is 24.6. The Morgan fingerprint density at radius 2 is 2.06 bits per heavy atom. The van der Waals surface area contributed by atoms with E-state index in [4.69, 9.17) is 24.7 Å². The number of esters is 1. The first kappa shape index (κ1) is 34.9. The molecule has 0 aliphatic carbocycles. The van der Waals surface area contributed by atoms with Crippen molar-refractivity contribution >= 4 is 29.7 Å². The molecule has 17 heteroatoms. The largest absolute Gasteiger partial charge is 0.496 e. The lowest BCUT2D eigenvalue weighted by Gasteiger charge is -2.39. The van der Waals surface area contributed by atoms with Gasteiger partial charge in [0.1, 0.15) is 47.5 Å². The summed E-state index contributed by atoms with van der Waals surface area (Å²) in [4.78, 5) is 45.2. The monoisotopic (exact) mass is 708 g/mol. The number of aromatic nitrogens is 2. The Morgan fingerprint density at radius 3 is 2.76 bits per heavy atom. The molecule has 2 aromatic rings. The zero-order chi connectivity index (χ0) is 36.0. The number of carbonyl (C=O) groups is 3. The topological polar surface area (TPSA) is 224 Å². The van der Waals surface area contributed by atoms with Crippen molar-refractivity contribution in [3.8, 4) is 17.2 Å². The Balaban J connectivity index is 1.32. The van der Waals surface area contributed by atoms with Crippen molar-refractivity contribution in [2.75, 3.05) is 38.4 Å². The number of hydrogen-bond donors (Lipinski definition) is 7.